The predicted molar refractivity (Wildman–Crippen MR) is 129 cm³/mol. The molecular formula is C25H18Cl2N4O2. The summed E-state index contributed by atoms with van der Waals surface area (Å²) in [7, 11) is 0. The van der Waals surface area contributed by atoms with Gasteiger partial charge in [0.1, 0.15) is 5.82 Å². The highest BCUT2D eigenvalue weighted by molar-refractivity contribution is 6.36. The summed E-state index contributed by atoms with van der Waals surface area (Å²) in [4.78, 5) is 32.2. The molecule has 4 aromatic rings. The summed E-state index contributed by atoms with van der Waals surface area (Å²) in [5.74, 6) is 0.298. The normalized spacial score (nSPS) is 12.5. The Bertz CT molecular complexity index is 1370. The van der Waals surface area contributed by atoms with Crippen LogP contribution < -0.4 is 10.2 Å². The molecule has 0 saturated carbocycles. The Labute approximate surface area is 200 Å². The maximum Gasteiger partial charge on any atom is 0.258 e. The first-order valence-electron chi connectivity index (χ1n) is 10.3. The molecule has 164 valence electrons. The number of halogens is 2. The van der Waals surface area contributed by atoms with Gasteiger partial charge in [0, 0.05) is 34.4 Å². The van der Waals surface area contributed by atoms with Crippen LogP contribution >= 0.6 is 23.2 Å². The number of carbonyl (C=O) groups is 2. The van der Waals surface area contributed by atoms with Crippen LogP contribution in [-0.4, -0.2) is 21.4 Å². The molecule has 33 heavy (non-hydrogen) atoms. The highest BCUT2D eigenvalue weighted by Gasteiger charge is 2.25. The number of nitrogens with one attached hydrogen (secondary N) is 1. The maximum absolute atomic E-state index is 13.5. The van der Waals surface area contributed by atoms with Gasteiger partial charge >= 0.3 is 0 Å². The van der Waals surface area contributed by atoms with Crippen LogP contribution in [0.25, 0.3) is 0 Å². The van der Waals surface area contributed by atoms with E-state index < -0.39 is 0 Å². The van der Waals surface area contributed by atoms with Gasteiger partial charge in [-0.3, -0.25) is 9.59 Å². The quantitative estimate of drug-likeness (QED) is 0.415. The van der Waals surface area contributed by atoms with Crippen molar-refractivity contribution in [3.05, 3.63) is 112 Å². The summed E-state index contributed by atoms with van der Waals surface area (Å²) < 4.78 is 2.05. The number of hydrogen-bond donors (Lipinski definition) is 1. The van der Waals surface area contributed by atoms with Gasteiger partial charge in [0.2, 0.25) is 0 Å². The van der Waals surface area contributed by atoms with E-state index >= 15 is 0 Å². The minimum atomic E-state index is -0.380. The van der Waals surface area contributed by atoms with Crippen LogP contribution in [0.5, 0.6) is 0 Å². The lowest BCUT2D eigenvalue weighted by Crippen LogP contribution is -2.30. The van der Waals surface area contributed by atoms with Crippen LogP contribution in [0.3, 0.4) is 0 Å². The maximum atomic E-state index is 13.5. The molecule has 0 atom stereocenters. The number of fused-ring (bicyclic) bond motifs is 2. The number of aromatic nitrogens is 2. The van der Waals surface area contributed by atoms with Crippen molar-refractivity contribution in [1.82, 2.24) is 9.55 Å². The molecule has 0 saturated heterocycles. The fourth-order valence-corrected chi connectivity index (χ4v) is 4.23. The number of imidazole rings is 1. The Morgan fingerprint density at radius 2 is 1.73 bits per heavy atom. The fraction of sp³-hybridized carbons (Fsp3) is 0.0800. The third kappa shape index (κ3) is 4.23. The molecule has 0 bridgehead atoms. The molecule has 0 fully saturated rings. The Morgan fingerprint density at radius 1 is 0.939 bits per heavy atom. The smallest absolute Gasteiger partial charge is 0.258 e. The molecule has 1 N–H and O–H groups in total. The summed E-state index contributed by atoms with van der Waals surface area (Å²) in [6.45, 7) is 1.03. The molecular weight excluding hydrogens is 459 g/mol. The average molecular weight is 477 g/mol. The van der Waals surface area contributed by atoms with Gasteiger partial charge in [0.25, 0.3) is 11.8 Å². The summed E-state index contributed by atoms with van der Waals surface area (Å²) in [6.07, 6.45) is 3.67. The first-order chi connectivity index (χ1) is 16.0. The summed E-state index contributed by atoms with van der Waals surface area (Å²) in [5.41, 5.74) is 3.23. The summed E-state index contributed by atoms with van der Waals surface area (Å²) >= 11 is 12.1. The van der Waals surface area contributed by atoms with Crippen molar-refractivity contribution in [2.45, 2.75) is 13.1 Å². The molecule has 2 heterocycles. The van der Waals surface area contributed by atoms with E-state index in [1.54, 1.807) is 47.5 Å². The van der Waals surface area contributed by atoms with Crippen molar-refractivity contribution in [3.8, 4) is 0 Å². The van der Waals surface area contributed by atoms with Crippen molar-refractivity contribution >= 4 is 46.4 Å². The van der Waals surface area contributed by atoms with Gasteiger partial charge in [-0.05, 0) is 54.1 Å². The highest BCUT2D eigenvalue weighted by Crippen LogP contribution is 2.29. The first kappa shape index (κ1) is 21.2. The second-order valence-electron chi connectivity index (χ2n) is 7.65. The van der Waals surface area contributed by atoms with Gasteiger partial charge in [-0.25, -0.2) is 4.98 Å². The third-order valence-corrected chi connectivity index (χ3v) is 6.10. The topological polar surface area (TPSA) is 67.2 Å². The van der Waals surface area contributed by atoms with Crippen molar-refractivity contribution in [1.29, 1.82) is 0 Å². The van der Waals surface area contributed by atoms with Crippen LogP contribution in [0.4, 0.5) is 11.4 Å². The zero-order valence-electron chi connectivity index (χ0n) is 17.3. The summed E-state index contributed by atoms with van der Waals surface area (Å²) in [6, 6.07) is 19.3. The Balaban J connectivity index is 1.39. The zero-order chi connectivity index (χ0) is 22.9. The number of rotatable bonds is 3. The van der Waals surface area contributed by atoms with E-state index in [0.29, 0.717) is 34.4 Å². The molecule has 0 spiro atoms. The number of amides is 2. The minimum Gasteiger partial charge on any atom is -0.329 e. The Kier molecular flexibility index (Phi) is 5.62. The van der Waals surface area contributed by atoms with E-state index in [1.165, 1.54) is 6.07 Å². The summed E-state index contributed by atoms with van der Waals surface area (Å²) in [5, 5.41) is 3.51. The lowest BCUT2D eigenvalue weighted by molar-refractivity contribution is 0.0983. The molecule has 8 heteroatoms. The second kappa shape index (κ2) is 8.73. The molecule has 0 aliphatic carbocycles. The predicted octanol–water partition coefficient (Wildman–Crippen LogP) is 5.65. The lowest BCUT2D eigenvalue weighted by atomic mass is 10.1. The van der Waals surface area contributed by atoms with Gasteiger partial charge < -0.3 is 14.8 Å². The van der Waals surface area contributed by atoms with Gasteiger partial charge in [0.15, 0.2) is 0 Å². The van der Waals surface area contributed by atoms with Crippen molar-refractivity contribution in [3.63, 3.8) is 0 Å². The van der Waals surface area contributed by atoms with Gasteiger partial charge in [-0.2, -0.15) is 0 Å². The monoisotopic (exact) mass is 476 g/mol. The largest absolute Gasteiger partial charge is 0.329 e. The molecule has 1 aromatic heterocycles. The van der Waals surface area contributed by atoms with E-state index in [4.69, 9.17) is 23.2 Å². The molecule has 0 radical (unpaired) electrons. The second-order valence-corrected chi connectivity index (χ2v) is 8.49. The number of anilines is 2. The minimum absolute atomic E-state index is 0.144. The Morgan fingerprint density at radius 3 is 2.55 bits per heavy atom. The van der Waals surface area contributed by atoms with Gasteiger partial charge in [-0.1, -0.05) is 41.4 Å². The fourth-order valence-electron chi connectivity index (χ4n) is 3.86. The van der Waals surface area contributed by atoms with Crippen molar-refractivity contribution in [2.75, 3.05) is 10.2 Å². The van der Waals surface area contributed by atoms with Crippen LogP contribution in [0.15, 0.2) is 79.1 Å². The van der Waals surface area contributed by atoms with Gasteiger partial charge in [0.05, 0.1) is 23.7 Å². The van der Waals surface area contributed by atoms with E-state index in [9.17, 15) is 9.59 Å². The third-order valence-electron chi connectivity index (χ3n) is 5.53. The number of benzene rings is 3. The SMILES string of the molecule is O=C(Nc1ccc(C(=O)N2Cc3nccn3Cc3ccccc32)cc1)c1cc(Cl)ccc1Cl. The van der Waals surface area contributed by atoms with E-state index in [1.807, 2.05) is 35.0 Å². The molecule has 3 aromatic carbocycles. The molecule has 2 amide bonds. The number of hydrogen-bond acceptors (Lipinski definition) is 3. The molecule has 5 rings (SSSR count). The van der Waals surface area contributed by atoms with E-state index in [0.717, 1.165) is 17.1 Å². The zero-order valence-corrected chi connectivity index (χ0v) is 18.8. The Hall–Kier alpha value is -3.61. The standard InChI is InChI=1S/C25H18Cl2N4O2/c26-18-7-10-21(27)20(13-18)24(32)29-19-8-5-16(6-9-19)25(33)31-15-23-28-11-12-30(23)14-17-3-1-2-4-22(17)31/h1-13H,14-15H2,(H,29,32). The first-order valence-corrected chi connectivity index (χ1v) is 11.0. The number of para-hydroxylation sites is 1. The molecule has 1 aliphatic heterocycles. The molecule has 0 unspecified atom stereocenters. The van der Waals surface area contributed by atoms with E-state index in [-0.39, 0.29) is 17.4 Å². The van der Waals surface area contributed by atoms with Crippen LogP contribution in [0, 0.1) is 0 Å². The van der Waals surface area contributed by atoms with Crippen molar-refractivity contribution < 1.29 is 9.59 Å². The molecule has 1 aliphatic rings. The van der Waals surface area contributed by atoms with Crippen molar-refractivity contribution in [2.24, 2.45) is 0 Å². The van der Waals surface area contributed by atoms with E-state index in [2.05, 4.69) is 10.3 Å². The number of carbonyl (C=O) groups excluding carboxylic acids is 2. The number of nitrogens with zero attached hydrogens (tertiary/aromatic N) is 3. The average Bonchev–Trinajstić information content (AvgIpc) is 3.19. The highest BCUT2D eigenvalue weighted by atomic mass is 35.5. The van der Waals surface area contributed by atoms with Crippen LogP contribution in [0.2, 0.25) is 10.0 Å². The molecule has 6 nitrogen and oxygen atoms in total. The lowest BCUT2D eigenvalue weighted by Gasteiger charge is -2.22. The van der Waals surface area contributed by atoms with Gasteiger partial charge in [-0.15, -0.1) is 0 Å². The van der Waals surface area contributed by atoms with Crippen LogP contribution in [0.1, 0.15) is 32.1 Å². The van der Waals surface area contributed by atoms with Crippen LogP contribution in [-0.2, 0) is 13.1 Å².